The lowest BCUT2D eigenvalue weighted by atomic mass is 9.98. The second kappa shape index (κ2) is 12.2. The first-order chi connectivity index (χ1) is 17.2. The van der Waals surface area contributed by atoms with Crippen molar-refractivity contribution in [2.45, 2.75) is 58.2 Å². The predicted octanol–water partition coefficient (Wildman–Crippen LogP) is 3.96. The largest absolute Gasteiger partial charge is 0.366 e. The van der Waals surface area contributed by atoms with Crippen LogP contribution in [0.2, 0.25) is 10.0 Å². The van der Waals surface area contributed by atoms with E-state index in [2.05, 4.69) is 24.9 Å². The van der Waals surface area contributed by atoms with Crippen LogP contribution >= 0.6 is 23.2 Å². The first-order valence-corrected chi connectivity index (χ1v) is 14.7. The maximum absolute atomic E-state index is 13.4. The van der Waals surface area contributed by atoms with Gasteiger partial charge in [-0.3, -0.25) is 4.79 Å². The molecule has 0 radical (unpaired) electrons. The molecule has 1 unspecified atom stereocenters. The maximum atomic E-state index is 13.4. The summed E-state index contributed by atoms with van der Waals surface area (Å²) in [7, 11) is -0.964. The van der Waals surface area contributed by atoms with Crippen LogP contribution in [-0.4, -0.2) is 74.4 Å². The van der Waals surface area contributed by atoms with Gasteiger partial charge >= 0.3 is 0 Å². The molecule has 2 aliphatic heterocycles. The molecule has 3 heterocycles. The Labute approximate surface area is 225 Å². The number of anilines is 1. The molecule has 2 aliphatic rings. The molecule has 0 spiro atoms. The Kier molecular flexibility index (Phi) is 9.22. The van der Waals surface area contributed by atoms with E-state index in [1.165, 1.54) is 0 Å². The molecule has 4 rings (SSSR count). The molecule has 2 saturated heterocycles. The topological polar surface area (TPSA) is 90.5 Å². The molecular weight excluding hydrogens is 519 g/mol. The number of hydrogen-bond acceptors (Lipinski definition) is 6. The summed E-state index contributed by atoms with van der Waals surface area (Å²) in [4.78, 5) is 26.9. The number of carbonyl (C=O) groups excluding carboxylic acids is 1. The molecular formula is C25H34Cl2N6O2S. The Morgan fingerprint density at radius 3 is 2.39 bits per heavy atom. The monoisotopic (exact) mass is 552 g/mol. The van der Waals surface area contributed by atoms with Crippen molar-refractivity contribution < 1.29 is 9.00 Å². The lowest BCUT2D eigenvalue weighted by molar-refractivity contribution is 0.0570. The molecule has 8 nitrogen and oxygen atoms in total. The number of amides is 1. The standard InChI is InChI=1S/C25H34Cl2N6O2S/c1-16-23(29-17(2)30-24(16)28-15-18-4-5-21(26)22(27)14-18)25(34)33-12-8-20(9-13-33)32-10-6-19(7-11-32)31-36(3)35/h4-5,14,19-20,31H,6-13,15H2,1-3H3,(H,28,29,30). The zero-order valence-electron chi connectivity index (χ0n) is 21.0. The number of carbonyl (C=O) groups is 1. The normalized spacial score (nSPS) is 18.9. The minimum Gasteiger partial charge on any atom is -0.366 e. The molecule has 0 saturated carbocycles. The van der Waals surface area contributed by atoms with Crippen LogP contribution in [0.4, 0.5) is 5.82 Å². The number of halogens is 2. The van der Waals surface area contributed by atoms with E-state index < -0.39 is 11.0 Å². The van der Waals surface area contributed by atoms with Gasteiger partial charge in [0.05, 0.1) is 21.0 Å². The van der Waals surface area contributed by atoms with E-state index >= 15 is 0 Å². The number of likely N-dealkylation sites (tertiary alicyclic amines) is 2. The van der Waals surface area contributed by atoms with E-state index in [0.717, 1.165) is 63.0 Å². The quantitative estimate of drug-likeness (QED) is 0.540. The number of rotatable bonds is 7. The van der Waals surface area contributed by atoms with Crippen LogP contribution in [0.1, 0.15) is 53.1 Å². The Morgan fingerprint density at radius 1 is 1.06 bits per heavy atom. The molecule has 11 heteroatoms. The molecule has 0 bridgehead atoms. The first kappa shape index (κ1) is 27.3. The molecule has 0 aliphatic carbocycles. The van der Waals surface area contributed by atoms with Crippen molar-refractivity contribution in [1.29, 1.82) is 0 Å². The molecule has 2 aromatic rings. The van der Waals surface area contributed by atoms with Gasteiger partial charge in [0.2, 0.25) is 0 Å². The summed E-state index contributed by atoms with van der Waals surface area (Å²) in [5.74, 6) is 1.17. The summed E-state index contributed by atoms with van der Waals surface area (Å²) in [6.07, 6.45) is 5.62. The third-order valence-electron chi connectivity index (χ3n) is 7.03. The van der Waals surface area contributed by atoms with Crippen LogP contribution in [-0.2, 0) is 17.5 Å². The minimum atomic E-state index is -0.964. The van der Waals surface area contributed by atoms with E-state index in [9.17, 15) is 9.00 Å². The predicted molar refractivity (Wildman–Crippen MR) is 146 cm³/mol. The van der Waals surface area contributed by atoms with Gasteiger partial charge in [-0.1, -0.05) is 29.3 Å². The summed E-state index contributed by atoms with van der Waals surface area (Å²) in [5, 5.41) is 4.35. The Balaban J connectivity index is 1.35. The SMILES string of the molecule is Cc1nc(NCc2ccc(Cl)c(Cl)c2)c(C)c(C(=O)N2CCC(N3CCC(NS(C)=O)CC3)CC2)n1. The van der Waals surface area contributed by atoms with E-state index in [4.69, 9.17) is 23.2 Å². The van der Waals surface area contributed by atoms with Crippen LogP contribution in [0.15, 0.2) is 18.2 Å². The highest BCUT2D eigenvalue weighted by atomic mass is 35.5. The molecule has 2 fully saturated rings. The fourth-order valence-corrected chi connectivity index (χ4v) is 6.07. The summed E-state index contributed by atoms with van der Waals surface area (Å²) < 4.78 is 14.6. The van der Waals surface area contributed by atoms with Gasteiger partial charge in [-0.15, -0.1) is 0 Å². The van der Waals surface area contributed by atoms with Crippen LogP contribution in [0.5, 0.6) is 0 Å². The number of benzene rings is 1. The highest BCUT2D eigenvalue weighted by Crippen LogP contribution is 2.26. The summed E-state index contributed by atoms with van der Waals surface area (Å²) >= 11 is 12.2. The van der Waals surface area contributed by atoms with Crippen LogP contribution in [0.3, 0.4) is 0 Å². The lowest BCUT2D eigenvalue weighted by Crippen LogP contribution is -2.51. The fraction of sp³-hybridized carbons (Fsp3) is 0.560. The van der Waals surface area contributed by atoms with Gasteiger partial charge in [0, 0.05) is 43.5 Å². The Bertz CT molecular complexity index is 1120. The van der Waals surface area contributed by atoms with E-state index in [0.29, 0.717) is 46.0 Å². The summed E-state index contributed by atoms with van der Waals surface area (Å²) in [6.45, 7) is 7.65. The first-order valence-electron chi connectivity index (χ1n) is 12.4. The molecule has 1 aromatic heterocycles. The third-order valence-corrected chi connectivity index (χ3v) is 8.44. The average Bonchev–Trinajstić information content (AvgIpc) is 2.86. The second-order valence-corrected chi connectivity index (χ2v) is 11.6. The molecule has 36 heavy (non-hydrogen) atoms. The van der Waals surface area contributed by atoms with E-state index in [1.807, 2.05) is 24.0 Å². The molecule has 2 N–H and O–H groups in total. The highest BCUT2D eigenvalue weighted by molar-refractivity contribution is 7.82. The Morgan fingerprint density at radius 2 is 1.75 bits per heavy atom. The van der Waals surface area contributed by atoms with E-state index in [1.54, 1.807) is 19.2 Å². The molecule has 196 valence electrons. The summed E-state index contributed by atoms with van der Waals surface area (Å²) in [5.41, 5.74) is 2.17. The van der Waals surface area contributed by atoms with Gasteiger partial charge in [0.1, 0.15) is 17.3 Å². The maximum Gasteiger partial charge on any atom is 0.272 e. The second-order valence-electron chi connectivity index (χ2n) is 9.60. The Hall–Kier alpha value is -1.78. The third kappa shape index (κ3) is 6.75. The van der Waals surface area contributed by atoms with Crippen molar-refractivity contribution in [1.82, 2.24) is 24.5 Å². The van der Waals surface area contributed by atoms with Crippen molar-refractivity contribution in [3.8, 4) is 0 Å². The molecule has 1 aromatic carbocycles. The summed E-state index contributed by atoms with van der Waals surface area (Å²) in [6, 6.07) is 6.31. The average molecular weight is 554 g/mol. The van der Waals surface area contributed by atoms with Gasteiger partial charge in [-0.05, 0) is 70.3 Å². The molecule has 1 atom stereocenters. The van der Waals surface area contributed by atoms with Gasteiger partial charge in [-0.25, -0.2) is 18.9 Å². The number of hydrogen-bond donors (Lipinski definition) is 2. The fourth-order valence-electron chi connectivity index (χ4n) is 5.05. The zero-order chi connectivity index (χ0) is 25.8. The number of nitrogens with zero attached hydrogens (tertiary/aromatic N) is 4. The number of aryl methyl sites for hydroxylation is 1. The van der Waals surface area contributed by atoms with Crippen molar-refractivity contribution in [3.05, 3.63) is 50.9 Å². The minimum absolute atomic E-state index is 0.0395. The van der Waals surface area contributed by atoms with Gasteiger partial charge in [0.15, 0.2) is 0 Å². The van der Waals surface area contributed by atoms with Crippen molar-refractivity contribution in [2.75, 3.05) is 37.8 Å². The van der Waals surface area contributed by atoms with Crippen molar-refractivity contribution in [3.63, 3.8) is 0 Å². The lowest BCUT2D eigenvalue weighted by Gasteiger charge is -2.41. The van der Waals surface area contributed by atoms with Gasteiger partial charge in [0.25, 0.3) is 5.91 Å². The van der Waals surface area contributed by atoms with Crippen LogP contribution < -0.4 is 10.0 Å². The molecule has 1 amide bonds. The van der Waals surface area contributed by atoms with Crippen LogP contribution in [0, 0.1) is 13.8 Å². The van der Waals surface area contributed by atoms with Gasteiger partial charge in [-0.2, -0.15) is 0 Å². The van der Waals surface area contributed by atoms with Crippen molar-refractivity contribution in [2.24, 2.45) is 0 Å². The zero-order valence-corrected chi connectivity index (χ0v) is 23.3. The van der Waals surface area contributed by atoms with Crippen molar-refractivity contribution >= 4 is 45.9 Å². The highest BCUT2D eigenvalue weighted by Gasteiger charge is 2.31. The number of piperidine rings is 2. The van der Waals surface area contributed by atoms with Crippen LogP contribution in [0.25, 0.3) is 0 Å². The van der Waals surface area contributed by atoms with E-state index in [-0.39, 0.29) is 5.91 Å². The van der Waals surface area contributed by atoms with Gasteiger partial charge < -0.3 is 15.1 Å². The number of nitrogens with one attached hydrogen (secondary N) is 2. The number of aromatic nitrogens is 2. The smallest absolute Gasteiger partial charge is 0.272 e.